The lowest BCUT2D eigenvalue weighted by atomic mass is 10.1. The SMILES string of the molecule is Cc1cccc(CN2C(=O)S/C(=C/c3ccccc3OCc3ccccc3Cl)C2=O)c1. The van der Waals surface area contributed by atoms with Crippen LogP contribution in [0.4, 0.5) is 4.79 Å². The van der Waals surface area contributed by atoms with Crippen LogP contribution in [0.25, 0.3) is 6.08 Å². The average molecular weight is 450 g/mol. The van der Waals surface area contributed by atoms with Crippen LogP contribution in [-0.4, -0.2) is 16.0 Å². The highest BCUT2D eigenvalue weighted by atomic mass is 35.5. The van der Waals surface area contributed by atoms with E-state index >= 15 is 0 Å². The van der Waals surface area contributed by atoms with Crippen molar-refractivity contribution in [1.82, 2.24) is 4.90 Å². The monoisotopic (exact) mass is 449 g/mol. The Morgan fingerprint density at radius 3 is 2.58 bits per heavy atom. The van der Waals surface area contributed by atoms with E-state index in [4.69, 9.17) is 16.3 Å². The Bertz CT molecular complexity index is 1170. The zero-order valence-electron chi connectivity index (χ0n) is 16.9. The summed E-state index contributed by atoms with van der Waals surface area (Å²) >= 11 is 7.16. The fourth-order valence-corrected chi connectivity index (χ4v) is 4.29. The molecule has 156 valence electrons. The van der Waals surface area contributed by atoms with E-state index in [2.05, 4.69) is 0 Å². The number of carbonyl (C=O) groups is 2. The molecule has 1 saturated heterocycles. The molecule has 0 N–H and O–H groups in total. The number of nitrogens with zero attached hydrogens (tertiary/aromatic N) is 1. The van der Waals surface area contributed by atoms with Gasteiger partial charge in [-0.15, -0.1) is 0 Å². The van der Waals surface area contributed by atoms with Crippen molar-refractivity contribution in [3.8, 4) is 5.75 Å². The Labute approximate surface area is 190 Å². The van der Waals surface area contributed by atoms with E-state index in [1.54, 1.807) is 6.08 Å². The molecule has 0 aliphatic carbocycles. The van der Waals surface area contributed by atoms with E-state index in [1.807, 2.05) is 79.7 Å². The summed E-state index contributed by atoms with van der Waals surface area (Å²) < 4.78 is 5.96. The highest BCUT2D eigenvalue weighted by Gasteiger charge is 2.35. The lowest BCUT2D eigenvalue weighted by Crippen LogP contribution is -2.27. The van der Waals surface area contributed by atoms with Crippen molar-refractivity contribution in [3.63, 3.8) is 0 Å². The molecule has 31 heavy (non-hydrogen) atoms. The first kappa shape index (κ1) is 21.2. The second-order valence-corrected chi connectivity index (χ2v) is 8.58. The summed E-state index contributed by atoms with van der Waals surface area (Å²) in [5, 5.41) is 0.365. The standard InChI is InChI=1S/C25H20ClNO3S/c1-17-7-6-8-18(13-17)15-27-24(28)23(31-25(27)29)14-19-9-3-5-12-22(19)30-16-20-10-2-4-11-21(20)26/h2-14H,15-16H2,1H3/b23-14+. The number of rotatable bonds is 6. The Balaban J connectivity index is 1.53. The van der Waals surface area contributed by atoms with E-state index in [9.17, 15) is 9.59 Å². The maximum Gasteiger partial charge on any atom is 0.293 e. The van der Waals surface area contributed by atoms with Gasteiger partial charge < -0.3 is 4.74 Å². The van der Waals surface area contributed by atoms with Crippen molar-refractivity contribution < 1.29 is 14.3 Å². The van der Waals surface area contributed by atoms with Gasteiger partial charge in [-0.1, -0.05) is 77.8 Å². The van der Waals surface area contributed by atoms with E-state index in [0.29, 0.717) is 22.3 Å². The van der Waals surface area contributed by atoms with Crippen molar-refractivity contribution in [3.05, 3.63) is 105 Å². The van der Waals surface area contributed by atoms with E-state index in [0.717, 1.165) is 34.0 Å². The van der Waals surface area contributed by atoms with Gasteiger partial charge in [-0.25, -0.2) is 0 Å². The van der Waals surface area contributed by atoms with Crippen LogP contribution in [0.15, 0.2) is 77.7 Å². The normalized spacial score (nSPS) is 15.0. The summed E-state index contributed by atoms with van der Waals surface area (Å²) in [5.41, 5.74) is 3.62. The van der Waals surface area contributed by atoms with Crippen LogP contribution in [0.5, 0.6) is 5.75 Å². The first-order valence-corrected chi connectivity index (χ1v) is 11.0. The zero-order valence-corrected chi connectivity index (χ0v) is 18.5. The van der Waals surface area contributed by atoms with Crippen LogP contribution in [-0.2, 0) is 17.9 Å². The van der Waals surface area contributed by atoms with Crippen LogP contribution in [0.2, 0.25) is 5.02 Å². The number of hydrogen-bond acceptors (Lipinski definition) is 4. The predicted octanol–water partition coefficient (Wildman–Crippen LogP) is 6.46. The molecular formula is C25H20ClNO3S. The fourth-order valence-electron chi connectivity index (χ4n) is 3.27. The topological polar surface area (TPSA) is 46.6 Å². The maximum atomic E-state index is 12.9. The van der Waals surface area contributed by atoms with Crippen LogP contribution in [0.1, 0.15) is 22.3 Å². The number of para-hydroxylation sites is 1. The molecule has 0 unspecified atom stereocenters. The number of amides is 2. The predicted molar refractivity (Wildman–Crippen MR) is 125 cm³/mol. The molecule has 0 spiro atoms. The molecule has 4 rings (SSSR count). The van der Waals surface area contributed by atoms with Gasteiger partial charge in [-0.05, 0) is 42.5 Å². The molecule has 1 aliphatic rings. The summed E-state index contributed by atoms with van der Waals surface area (Å²) in [6.07, 6.45) is 1.71. The molecule has 1 fully saturated rings. The van der Waals surface area contributed by atoms with E-state index < -0.39 is 0 Å². The first-order chi connectivity index (χ1) is 15.0. The van der Waals surface area contributed by atoms with Crippen molar-refractivity contribution in [2.24, 2.45) is 0 Å². The molecule has 6 heteroatoms. The third kappa shape index (κ3) is 5.01. The van der Waals surface area contributed by atoms with Gasteiger partial charge in [0.1, 0.15) is 12.4 Å². The van der Waals surface area contributed by atoms with E-state index in [1.165, 1.54) is 4.90 Å². The molecule has 0 saturated carbocycles. The second-order valence-electron chi connectivity index (χ2n) is 7.17. The summed E-state index contributed by atoms with van der Waals surface area (Å²) in [6.45, 7) is 2.55. The number of ether oxygens (including phenoxy) is 1. The third-order valence-corrected chi connectivity index (χ3v) is 6.12. The molecule has 2 amide bonds. The van der Waals surface area contributed by atoms with Crippen molar-refractivity contribution in [2.75, 3.05) is 0 Å². The number of imide groups is 1. The molecule has 3 aromatic rings. The number of aryl methyl sites for hydroxylation is 1. The Morgan fingerprint density at radius 2 is 1.77 bits per heavy atom. The smallest absolute Gasteiger partial charge is 0.293 e. The largest absolute Gasteiger partial charge is 0.488 e. The minimum Gasteiger partial charge on any atom is -0.488 e. The van der Waals surface area contributed by atoms with Gasteiger partial charge in [0.05, 0.1) is 11.4 Å². The number of benzene rings is 3. The average Bonchev–Trinajstić information content (AvgIpc) is 3.01. The number of carbonyl (C=O) groups excluding carboxylic acids is 2. The summed E-state index contributed by atoms with van der Waals surface area (Å²) in [6, 6.07) is 22.7. The van der Waals surface area contributed by atoms with Crippen molar-refractivity contribution in [2.45, 2.75) is 20.1 Å². The molecule has 0 bridgehead atoms. The van der Waals surface area contributed by atoms with Crippen LogP contribution in [0, 0.1) is 6.92 Å². The van der Waals surface area contributed by atoms with Gasteiger partial charge in [0.2, 0.25) is 0 Å². The highest BCUT2D eigenvalue weighted by Crippen LogP contribution is 2.35. The molecule has 0 radical (unpaired) electrons. The van der Waals surface area contributed by atoms with E-state index in [-0.39, 0.29) is 17.7 Å². The lowest BCUT2D eigenvalue weighted by molar-refractivity contribution is -0.123. The lowest BCUT2D eigenvalue weighted by Gasteiger charge is -2.13. The van der Waals surface area contributed by atoms with Gasteiger partial charge in [0.25, 0.3) is 11.1 Å². The number of thioether (sulfide) groups is 1. The van der Waals surface area contributed by atoms with Gasteiger partial charge in [0.15, 0.2) is 0 Å². The number of hydrogen-bond donors (Lipinski definition) is 0. The molecular weight excluding hydrogens is 430 g/mol. The highest BCUT2D eigenvalue weighted by molar-refractivity contribution is 8.18. The second kappa shape index (κ2) is 9.41. The molecule has 4 nitrogen and oxygen atoms in total. The minimum atomic E-state index is -0.294. The maximum absolute atomic E-state index is 12.9. The van der Waals surface area contributed by atoms with Crippen LogP contribution < -0.4 is 4.74 Å². The van der Waals surface area contributed by atoms with Crippen LogP contribution in [0.3, 0.4) is 0 Å². The third-order valence-electron chi connectivity index (χ3n) is 4.84. The fraction of sp³-hybridized carbons (Fsp3) is 0.120. The summed E-state index contributed by atoms with van der Waals surface area (Å²) in [5.74, 6) is 0.324. The Kier molecular flexibility index (Phi) is 6.44. The van der Waals surface area contributed by atoms with Gasteiger partial charge in [-0.2, -0.15) is 0 Å². The van der Waals surface area contributed by atoms with Crippen LogP contribution >= 0.6 is 23.4 Å². The quantitative estimate of drug-likeness (QED) is 0.405. The molecule has 0 aromatic heterocycles. The van der Waals surface area contributed by atoms with Crippen molar-refractivity contribution in [1.29, 1.82) is 0 Å². The first-order valence-electron chi connectivity index (χ1n) is 9.77. The molecule has 1 heterocycles. The Morgan fingerprint density at radius 1 is 1.00 bits per heavy atom. The van der Waals surface area contributed by atoms with Gasteiger partial charge in [0, 0.05) is 16.1 Å². The van der Waals surface area contributed by atoms with Gasteiger partial charge >= 0.3 is 0 Å². The minimum absolute atomic E-state index is 0.258. The zero-order chi connectivity index (χ0) is 21.8. The van der Waals surface area contributed by atoms with Gasteiger partial charge in [-0.3, -0.25) is 14.5 Å². The molecule has 3 aromatic carbocycles. The van der Waals surface area contributed by atoms with Crippen molar-refractivity contribution >= 4 is 40.6 Å². The number of halogens is 1. The summed E-state index contributed by atoms with van der Waals surface area (Å²) in [4.78, 5) is 27.0. The molecule has 0 atom stereocenters. The molecule has 1 aliphatic heterocycles. The summed E-state index contributed by atoms with van der Waals surface area (Å²) in [7, 11) is 0. The Hall–Kier alpha value is -3.02.